The molecule has 0 saturated carbocycles. The summed E-state index contributed by atoms with van der Waals surface area (Å²) in [7, 11) is 0. The van der Waals surface area contributed by atoms with Crippen molar-refractivity contribution in [2.75, 3.05) is 38.0 Å². The van der Waals surface area contributed by atoms with Gasteiger partial charge in [-0.05, 0) is 43.7 Å². The summed E-state index contributed by atoms with van der Waals surface area (Å²) in [5.74, 6) is -0.862. The van der Waals surface area contributed by atoms with Crippen LogP contribution in [0.3, 0.4) is 0 Å². The number of anilines is 1. The third-order valence-corrected chi connectivity index (χ3v) is 7.61. The van der Waals surface area contributed by atoms with E-state index in [1.807, 2.05) is 6.92 Å². The van der Waals surface area contributed by atoms with Gasteiger partial charge in [-0.15, -0.1) is 10.2 Å². The Hall–Kier alpha value is -4.62. The summed E-state index contributed by atoms with van der Waals surface area (Å²) in [5, 5.41) is 25.4. The molecule has 2 amide bonds. The molecule has 0 radical (unpaired) electrons. The summed E-state index contributed by atoms with van der Waals surface area (Å²) >= 11 is 6.25. The summed E-state index contributed by atoms with van der Waals surface area (Å²) in [5.41, 5.74) is 2.17. The summed E-state index contributed by atoms with van der Waals surface area (Å²) in [6, 6.07) is 8.36. The number of benzene rings is 1. The smallest absolute Gasteiger partial charge is 0.317 e. The second-order valence-corrected chi connectivity index (χ2v) is 10.8. The van der Waals surface area contributed by atoms with E-state index >= 15 is 0 Å². The van der Waals surface area contributed by atoms with Crippen LogP contribution in [-0.4, -0.2) is 95.7 Å². The number of hydrogen-bond donors (Lipinski definition) is 2. The highest BCUT2D eigenvalue weighted by Crippen LogP contribution is 2.26. The molecular weight excluding hydrogens is 576 g/mol. The molecule has 3 aromatic heterocycles. The fourth-order valence-corrected chi connectivity index (χ4v) is 5.31. The van der Waals surface area contributed by atoms with E-state index in [9.17, 15) is 19.2 Å². The van der Waals surface area contributed by atoms with Crippen molar-refractivity contribution in [3.63, 3.8) is 0 Å². The molecule has 14 heteroatoms. The molecule has 0 aliphatic carbocycles. The average molecular weight is 607 g/mol. The van der Waals surface area contributed by atoms with Crippen molar-refractivity contribution in [2.45, 2.75) is 33.2 Å². The first-order valence-electron chi connectivity index (χ1n) is 13.9. The molecule has 0 atom stereocenters. The number of aliphatic carboxylic acids is 1. The fourth-order valence-electron chi connectivity index (χ4n) is 5.14. The van der Waals surface area contributed by atoms with Gasteiger partial charge in [-0.2, -0.15) is 5.10 Å². The van der Waals surface area contributed by atoms with Gasteiger partial charge >= 0.3 is 5.97 Å². The van der Waals surface area contributed by atoms with Crippen LogP contribution in [0.1, 0.15) is 46.2 Å². The Morgan fingerprint density at radius 2 is 1.77 bits per heavy atom. The van der Waals surface area contributed by atoms with Crippen molar-refractivity contribution in [1.29, 1.82) is 0 Å². The molecule has 5 rings (SSSR count). The quantitative estimate of drug-likeness (QED) is 0.259. The molecule has 1 aliphatic rings. The molecule has 13 nitrogen and oxygen atoms in total. The first-order valence-corrected chi connectivity index (χ1v) is 14.3. The first-order chi connectivity index (χ1) is 20.6. The number of aromatic nitrogens is 5. The summed E-state index contributed by atoms with van der Waals surface area (Å²) in [6.07, 6.45) is 4.31. The number of Topliss-reactive ketones (excluding diaryl/α,β-unsaturated/α-hetero) is 1. The standard InChI is InChI=1S/C29H31ClN8O5/c1-3-4-24(39)21-14-31-38(18(21)2)26-8-7-25(33-34-26)32-29(43)22-15-37(23-6-5-19(30)13-20(22)23)16-27(40)36-11-9-35(10-12-36)17-28(41)42/h5-8,13-15H,3-4,9-12,16-17H2,1-2H3,(H,41,42)(H,32,33,43). The number of rotatable bonds is 10. The van der Waals surface area contributed by atoms with Crippen molar-refractivity contribution in [2.24, 2.45) is 0 Å². The molecule has 1 fully saturated rings. The van der Waals surface area contributed by atoms with Gasteiger partial charge in [0.1, 0.15) is 6.54 Å². The minimum atomic E-state index is -0.896. The number of nitrogens with one attached hydrogen (secondary N) is 1. The minimum absolute atomic E-state index is 0.00478. The van der Waals surface area contributed by atoms with Gasteiger partial charge in [0.25, 0.3) is 5.91 Å². The Balaban J connectivity index is 1.30. The number of halogens is 1. The molecule has 4 heterocycles. The van der Waals surface area contributed by atoms with E-state index in [1.165, 1.54) is 10.9 Å². The Kier molecular flexibility index (Phi) is 8.83. The lowest BCUT2D eigenvalue weighted by molar-refractivity contribution is -0.139. The summed E-state index contributed by atoms with van der Waals surface area (Å²) < 4.78 is 3.24. The monoisotopic (exact) mass is 606 g/mol. The number of nitrogens with zero attached hydrogens (tertiary/aromatic N) is 7. The van der Waals surface area contributed by atoms with E-state index in [-0.39, 0.29) is 30.6 Å². The van der Waals surface area contributed by atoms with Crippen molar-refractivity contribution >= 4 is 51.9 Å². The van der Waals surface area contributed by atoms with Crippen LogP contribution in [0.15, 0.2) is 42.7 Å². The predicted molar refractivity (Wildman–Crippen MR) is 159 cm³/mol. The lowest BCUT2D eigenvalue weighted by atomic mass is 10.1. The van der Waals surface area contributed by atoms with Crippen molar-refractivity contribution in [1.82, 2.24) is 34.3 Å². The topological polar surface area (TPSA) is 156 Å². The molecule has 43 heavy (non-hydrogen) atoms. The van der Waals surface area contributed by atoms with Crippen LogP contribution in [-0.2, 0) is 16.1 Å². The molecular formula is C29H31ClN8O5. The summed E-state index contributed by atoms with van der Waals surface area (Å²) in [6.45, 7) is 5.49. The van der Waals surface area contributed by atoms with Gasteiger partial charge in [0.15, 0.2) is 17.4 Å². The van der Waals surface area contributed by atoms with E-state index < -0.39 is 11.9 Å². The number of amides is 2. The van der Waals surface area contributed by atoms with Gasteiger partial charge in [-0.1, -0.05) is 18.5 Å². The van der Waals surface area contributed by atoms with Crippen LogP contribution in [0.5, 0.6) is 0 Å². The minimum Gasteiger partial charge on any atom is -0.480 e. The highest BCUT2D eigenvalue weighted by molar-refractivity contribution is 6.31. The lowest BCUT2D eigenvalue weighted by Gasteiger charge is -2.34. The fraction of sp³-hybridized carbons (Fsp3) is 0.345. The molecule has 1 saturated heterocycles. The number of carbonyl (C=O) groups excluding carboxylic acids is 3. The number of hydrogen-bond acceptors (Lipinski definition) is 8. The average Bonchev–Trinajstić information content (AvgIpc) is 3.53. The normalized spacial score (nSPS) is 13.8. The van der Waals surface area contributed by atoms with Crippen LogP contribution in [0, 0.1) is 6.92 Å². The van der Waals surface area contributed by atoms with Crippen LogP contribution < -0.4 is 5.32 Å². The number of ketones is 1. The zero-order valence-corrected chi connectivity index (χ0v) is 24.5. The second-order valence-electron chi connectivity index (χ2n) is 10.3. The zero-order valence-electron chi connectivity index (χ0n) is 23.8. The number of carboxylic acids is 1. The Bertz CT molecular complexity index is 1690. The van der Waals surface area contributed by atoms with Gasteiger partial charge in [0.2, 0.25) is 5.91 Å². The molecule has 1 aromatic carbocycles. The van der Waals surface area contributed by atoms with Crippen LogP contribution in [0.4, 0.5) is 5.82 Å². The number of fused-ring (bicyclic) bond motifs is 1. The Labute approximate surface area is 252 Å². The summed E-state index contributed by atoms with van der Waals surface area (Å²) in [4.78, 5) is 53.3. The number of carboxylic acid groups (broad SMARTS) is 1. The highest BCUT2D eigenvalue weighted by atomic mass is 35.5. The van der Waals surface area contributed by atoms with Gasteiger partial charge in [-0.3, -0.25) is 24.1 Å². The van der Waals surface area contributed by atoms with E-state index in [0.717, 1.165) is 6.42 Å². The van der Waals surface area contributed by atoms with Crippen LogP contribution in [0.25, 0.3) is 16.7 Å². The van der Waals surface area contributed by atoms with Gasteiger partial charge < -0.3 is 19.9 Å². The van der Waals surface area contributed by atoms with Gasteiger partial charge in [0, 0.05) is 54.7 Å². The van der Waals surface area contributed by atoms with E-state index in [0.29, 0.717) is 71.2 Å². The molecule has 4 aromatic rings. The van der Waals surface area contributed by atoms with E-state index in [2.05, 4.69) is 20.6 Å². The van der Waals surface area contributed by atoms with Crippen LogP contribution >= 0.6 is 11.6 Å². The molecule has 1 aliphatic heterocycles. The largest absolute Gasteiger partial charge is 0.480 e. The maximum Gasteiger partial charge on any atom is 0.317 e. The Morgan fingerprint density at radius 3 is 2.44 bits per heavy atom. The van der Waals surface area contributed by atoms with Crippen molar-refractivity contribution in [3.8, 4) is 5.82 Å². The van der Waals surface area contributed by atoms with Crippen molar-refractivity contribution < 1.29 is 24.3 Å². The van der Waals surface area contributed by atoms with E-state index in [4.69, 9.17) is 16.7 Å². The predicted octanol–water partition coefficient (Wildman–Crippen LogP) is 3.04. The highest BCUT2D eigenvalue weighted by Gasteiger charge is 2.24. The van der Waals surface area contributed by atoms with Gasteiger partial charge in [0.05, 0.1) is 29.6 Å². The van der Waals surface area contributed by atoms with Crippen LogP contribution in [0.2, 0.25) is 5.02 Å². The molecule has 2 N–H and O–H groups in total. The maximum absolute atomic E-state index is 13.4. The third kappa shape index (κ3) is 6.57. The van der Waals surface area contributed by atoms with Gasteiger partial charge in [-0.25, -0.2) is 4.68 Å². The van der Waals surface area contributed by atoms with E-state index in [1.54, 1.807) is 57.8 Å². The number of carbonyl (C=O) groups is 4. The SMILES string of the molecule is CCCC(=O)c1cnn(-c2ccc(NC(=O)c3cn(CC(=O)N4CCN(CC(=O)O)CC4)c4ccc(Cl)cc34)nn2)c1C. The maximum atomic E-state index is 13.4. The Morgan fingerprint density at radius 1 is 1.00 bits per heavy atom. The number of piperazine rings is 1. The molecule has 0 spiro atoms. The zero-order chi connectivity index (χ0) is 30.7. The van der Waals surface area contributed by atoms with Crippen molar-refractivity contribution in [3.05, 3.63) is 64.6 Å². The molecule has 224 valence electrons. The first kappa shape index (κ1) is 29.9. The lowest BCUT2D eigenvalue weighted by Crippen LogP contribution is -2.50. The second kappa shape index (κ2) is 12.7. The third-order valence-electron chi connectivity index (χ3n) is 7.37. The molecule has 0 unspecified atom stereocenters. The molecule has 0 bridgehead atoms.